The van der Waals surface area contributed by atoms with E-state index in [0.29, 0.717) is 17.7 Å². The summed E-state index contributed by atoms with van der Waals surface area (Å²) in [7, 11) is 0. The molecule has 0 unspecified atom stereocenters. The molecule has 0 heterocycles. The lowest BCUT2D eigenvalue weighted by Gasteiger charge is -2.37. The van der Waals surface area contributed by atoms with E-state index in [1.54, 1.807) is 6.07 Å². The SMILES string of the molecule is Cc1cc(NC2CC(c3ccccc3C)C2)ccc1O. The zero-order valence-electron chi connectivity index (χ0n) is 12.1. The highest BCUT2D eigenvalue weighted by Crippen LogP contribution is 2.39. The summed E-state index contributed by atoms with van der Waals surface area (Å²) < 4.78 is 0. The number of hydrogen-bond acceptors (Lipinski definition) is 2. The largest absolute Gasteiger partial charge is 0.508 e. The van der Waals surface area contributed by atoms with Crippen LogP contribution in [0.3, 0.4) is 0 Å². The molecule has 1 fully saturated rings. The Balaban J connectivity index is 1.61. The van der Waals surface area contributed by atoms with E-state index in [2.05, 4.69) is 36.5 Å². The second-order valence-corrected chi connectivity index (χ2v) is 5.87. The van der Waals surface area contributed by atoms with Crippen molar-refractivity contribution in [1.29, 1.82) is 0 Å². The molecule has 2 aromatic rings. The van der Waals surface area contributed by atoms with E-state index in [1.165, 1.54) is 24.0 Å². The third-order valence-corrected chi connectivity index (χ3v) is 4.33. The van der Waals surface area contributed by atoms with Gasteiger partial charge in [-0.25, -0.2) is 0 Å². The Labute approximate surface area is 120 Å². The number of aryl methyl sites for hydroxylation is 2. The van der Waals surface area contributed by atoms with Gasteiger partial charge >= 0.3 is 0 Å². The Hall–Kier alpha value is -1.96. The standard InChI is InChI=1S/C18H21NO/c1-12-5-3-4-6-17(12)14-10-16(11-14)19-15-7-8-18(20)13(2)9-15/h3-9,14,16,19-20H,10-11H2,1-2H3. The smallest absolute Gasteiger partial charge is 0.118 e. The number of nitrogens with one attached hydrogen (secondary N) is 1. The second kappa shape index (κ2) is 5.20. The Kier molecular flexibility index (Phi) is 3.39. The van der Waals surface area contributed by atoms with Crippen LogP contribution in [-0.4, -0.2) is 11.1 Å². The molecule has 0 saturated heterocycles. The van der Waals surface area contributed by atoms with Crippen LogP contribution >= 0.6 is 0 Å². The van der Waals surface area contributed by atoms with Crippen molar-refractivity contribution in [3.63, 3.8) is 0 Å². The van der Waals surface area contributed by atoms with E-state index < -0.39 is 0 Å². The molecule has 0 aromatic heterocycles. The molecule has 1 saturated carbocycles. The van der Waals surface area contributed by atoms with Crippen LogP contribution in [0, 0.1) is 13.8 Å². The average Bonchev–Trinajstić information content (AvgIpc) is 2.39. The number of phenolic OH excluding ortho intramolecular Hbond substituents is 1. The van der Waals surface area contributed by atoms with Crippen molar-refractivity contribution < 1.29 is 5.11 Å². The van der Waals surface area contributed by atoms with Gasteiger partial charge in [0.25, 0.3) is 0 Å². The average molecular weight is 267 g/mol. The Morgan fingerprint density at radius 3 is 2.45 bits per heavy atom. The molecular weight excluding hydrogens is 246 g/mol. The summed E-state index contributed by atoms with van der Waals surface area (Å²) >= 11 is 0. The van der Waals surface area contributed by atoms with Crippen molar-refractivity contribution in [3.8, 4) is 5.75 Å². The van der Waals surface area contributed by atoms with Gasteiger partial charge in [0.1, 0.15) is 5.75 Å². The van der Waals surface area contributed by atoms with Gasteiger partial charge in [0.2, 0.25) is 0 Å². The molecule has 0 bridgehead atoms. The maximum Gasteiger partial charge on any atom is 0.118 e. The zero-order valence-corrected chi connectivity index (χ0v) is 12.1. The maximum absolute atomic E-state index is 9.54. The lowest BCUT2D eigenvalue weighted by molar-refractivity contribution is 0.373. The van der Waals surface area contributed by atoms with Crippen LogP contribution in [-0.2, 0) is 0 Å². The van der Waals surface area contributed by atoms with Crippen LogP contribution < -0.4 is 5.32 Å². The van der Waals surface area contributed by atoms with E-state index in [-0.39, 0.29) is 0 Å². The Morgan fingerprint density at radius 2 is 1.75 bits per heavy atom. The van der Waals surface area contributed by atoms with Gasteiger partial charge in [-0.15, -0.1) is 0 Å². The highest BCUT2D eigenvalue weighted by molar-refractivity contribution is 5.51. The van der Waals surface area contributed by atoms with E-state index in [0.717, 1.165) is 11.3 Å². The topological polar surface area (TPSA) is 32.3 Å². The van der Waals surface area contributed by atoms with Crippen molar-refractivity contribution in [2.75, 3.05) is 5.32 Å². The van der Waals surface area contributed by atoms with Crippen molar-refractivity contribution in [2.45, 2.75) is 38.6 Å². The molecule has 0 aliphatic heterocycles. The molecule has 0 amide bonds. The first kappa shape index (κ1) is 13.0. The van der Waals surface area contributed by atoms with E-state index >= 15 is 0 Å². The predicted molar refractivity (Wildman–Crippen MR) is 83.4 cm³/mol. The summed E-state index contributed by atoms with van der Waals surface area (Å²) in [6, 6.07) is 14.9. The molecule has 1 aliphatic carbocycles. The fraction of sp³-hybridized carbons (Fsp3) is 0.333. The number of phenols is 1. The molecule has 0 atom stereocenters. The van der Waals surface area contributed by atoms with Gasteiger partial charge in [0.05, 0.1) is 0 Å². The van der Waals surface area contributed by atoms with Gasteiger partial charge in [-0.2, -0.15) is 0 Å². The number of hydrogen-bond donors (Lipinski definition) is 2. The summed E-state index contributed by atoms with van der Waals surface area (Å²) in [5.74, 6) is 1.05. The first-order chi connectivity index (χ1) is 9.63. The van der Waals surface area contributed by atoms with Crippen molar-refractivity contribution >= 4 is 5.69 Å². The van der Waals surface area contributed by atoms with Gasteiger partial charge in [-0.3, -0.25) is 0 Å². The lowest BCUT2D eigenvalue weighted by Crippen LogP contribution is -2.34. The molecular formula is C18H21NO. The summed E-state index contributed by atoms with van der Waals surface area (Å²) in [5.41, 5.74) is 4.92. The van der Waals surface area contributed by atoms with E-state index in [4.69, 9.17) is 0 Å². The number of aromatic hydroxyl groups is 1. The van der Waals surface area contributed by atoms with Gasteiger partial charge in [0.15, 0.2) is 0 Å². The normalized spacial score (nSPS) is 21.3. The number of benzene rings is 2. The number of anilines is 1. The zero-order chi connectivity index (χ0) is 14.1. The molecule has 1 aliphatic rings. The van der Waals surface area contributed by atoms with Crippen LogP contribution in [0.15, 0.2) is 42.5 Å². The second-order valence-electron chi connectivity index (χ2n) is 5.87. The molecule has 0 radical (unpaired) electrons. The van der Waals surface area contributed by atoms with Gasteiger partial charge in [0, 0.05) is 11.7 Å². The van der Waals surface area contributed by atoms with Crippen LogP contribution in [0.5, 0.6) is 5.75 Å². The fourth-order valence-electron chi connectivity index (χ4n) is 3.02. The first-order valence-electron chi connectivity index (χ1n) is 7.25. The van der Waals surface area contributed by atoms with Crippen molar-refractivity contribution in [2.24, 2.45) is 0 Å². The Bertz CT molecular complexity index is 615. The minimum Gasteiger partial charge on any atom is -0.508 e. The quantitative estimate of drug-likeness (QED) is 0.809. The van der Waals surface area contributed by atoms with Crippen LogP contribution in [0.2, 0.25) is 0 Å². The summed E-state index contributed by atoms with van der Waals surface area (Å²) in [5, 5.41) is 13.1. The molecule has 2 aromatic carbocycles. The summed E-state index contributed by atoms with van der Waals surface area (Å²) in [6.07, 6.45) is 2.37. The lowest BCUT2D eigenvalue weighted by atomic mass is 9.74. The molecule has 3 rings (SSSR count). The van der Waals surface area contributed by atoms with Crippen LogP contribution in [0.1, 0.15) is 35.4 Å². The van der Waals surface area contributed by atoms with E-state index in [1.807, 2.05) is 19.1 Å². The van der Waals surface area contributed by atoms with Gasteiger partial charge < -0.3 is 10.4 Å². The van der Waals surface area contributed by atoms with Crippen LogP contribution in [0.25, 0.3) is 0 Å². The minimum atomic E-state index is 0.363. The number of rotatable bonds is 3. The molecule has 0 spiro atoms. The maximum atomic E-state index is 9.54. The molecule has 20 heavy (non-hydrogen) atoms. The van der Waals surface area contributed by atoms with Crippen molar-refractivity contribution in [1.82, 2.24) is 0 Å². The monoisotopic (exact) mass is 267 g/mol. The third kappa shape index (κ3) is 2.51. The molecule has 104 valence electrons. The third-order valence-electron chi connectivity index (χ3n) is 4.33. The highest BCUT2D eigenvalue weighted by atomic mass is 16.3. The van der Waals surface area contributed by atoms with Gasteiger partial charge in [-0.1, -0.05) is 24.3 Å². The summed E-state index contributed by atoms with van der Waals surface area (Å²) in [6.45, 7) is 4.12. The Morgan fingerprint density at radius 1 is 1.00 bits per heavy atom. The predicted octanol–water partition coefficient (Wildman–Crippen LogP) is 4.37. The summed E-state index contributed by atoms with van der Waals surface area (Å²) in [4.78, 5) is 0. The van der Waals surface area contributed by atoms with Crippen LogP contribution in [0.4, 0.5) is 5.69 Å². The molecule has 2 nitrogen and oxygen atoms in total. The van der Waals surface area contributed by atoms with Gasteiger partial charge in [-0.05, 0) is 67.5 Å². The first-order valence-corrected chi connectivity index (χ1v) is 7.25. The molecule has 2 N–H and O–H groups in total. The fourth-order valence-corrected chi connectivity index (χ4v) is 3.02. The minimum absolute atomic E-state index is 0.363. The highest BCUT2D eigenvalue weighted by Gasteiger charge is 2.30. The van der Waals surface area contributed by atoms with E-state index in [9.17, 15) is 5.11 Å². The van der Waals surface area contributed by atoms with Crippen molar-refractivity contribution in [3.05, 3.63) is 59.2 Å². The molecule has 2 heteroatoms.